The number of hydrogen-bond donors (Lipinski definition) is 1. The maximum absolute atomic E-state index is 12.1. The lowest BCUT2D eigenvalue weighted by Crippen LogP contribution is -2.39. The van der Waals surface area contributed by atoms with Crippen LogP contribution in [0.1, 0.15) is 24.2 Å². The summed E-state index contributed by atoms with van der Waals surface area (Å²) in [7, 11) is 0. The average molecular weight is 339 g/mol. The summed E-state index contributed by atoms with van der Waals surface area (Å²) in [5, 5.41) is 4.34. The fourth-order valence-corrected chi connectivity index (χ4v) is 2.82. The molecule has 1 unspecified atom stereocenters. The van der Waals surface area contributed by atoms with E-state index in [0.29, 0.717) is 26.9 Å². The minimum atomic E-state index is -0.237. The van der Waals surface area contributed by atoms with Crippen LogP contribution in [0.15, 0.2) is 18.2 Å². The molecule has 0 aliphatic carbocycles. The zero-order valence-electron chi connectivity index (χ0n) is 9.64. The summed E-state index contributed by atoms with van der Waals surface area (Å²) in [6.45, 7) is 4.08. The third kappa shape index (κ3) is 3.87. The Balaban J connectivity index is 2.90. The first-order valence-corrected chi connectivity index (χ1v) is 7.16. The highest BCUT2D eigenvalue weighted by Crippen LogP contribution is 2.24. The highest BCUT2D eigenvalue weighted by molar-refractivity contribution is 9.09. The lowest BCUT2D eigenvalue weighted by atomic mass is 10.1. The van der Waals surface area contributed by atoms with Crippen molar-refractivity contribution in [3.63, 3.8) is 0 Å². The number of carbonyl (C=O) groups excluding carboxylic acids is 1. The Morgan fingerprint density at radius 2 is 1.88 bits per heavy atom. The van der Waals surface area contributed by atoms with Crippen LogP contribution in [0.4, 0.5) is 0 Å². The predicted molar refractivity (Wildman–Crippen MR) is 76.3 cm³/mol. The third-order valence-corrected chi connectivity index (χ3v) is 3.80. The van der Waals surface area contributed by atoms with Crippen molar-refractivity contribution >= 4 is 45.0 Å². The van der Waals surface area contributed by atoms with Crippen LogP contribution in [0.5, 0.6) is 0 Å². The number of halogens is 3. The first-order chi connectivity index (χ1) is 7.97. The highest BCUT2D eigenvalue weighted by Gasteiger charge is 2.19. The number of nitrogens with one attached hydrogen (secondary N) is 1. The predicted octanol–water partition coefficient (Wildman–Crippen LogP) is 4.14. The van der Waals surface area contributed by atoms with Crippen molar-refractivity contribution in [1.82, 2.24) is 5.32 Å². The minimum Gasteiger partial charge on any atom is -0.348 e. The quantitative estimate of drug-likeness (QED) is 0.821. The molecule has 17 heavy (non-hydrogen) atoms. The van der Waals surface area contributed by atoms with Crippen LogP contribution in [0.25, 0.3) is 0 Å². The van der Waals surface area contributed by atoms with Crippen LogP contribution in [0.3, 0.4) is 0 Å². The van der Waals surface area contributed by atoms with E-state index in [0.717, 1.165) is 0 Å². The summed E-state index contributed by atoms with van der Waals surface area (Å²) in [4.78, 5) is 12.1. The maximum Gasteiger partial charge on any atom is 0.254 e. The van der Waals surface area contributed by atoms with E-state index < -0.39 is 0 Å². The maximum atomic E-state index is 12.1. The Morgan fingerprint density at radius 1 is 1.35 bits per heavy atom. The molecule has 0 aliphatic rings. The molecule has 0 aliphatic heterocycles. The molecule has 0 aromatic heterocycles. The molecule has 0 radical (unpaired) electrons. The van der Waals surface area contributed by atoms with Crippen molar-refractivity contribution in [3.8, 4) is 0 Å². The van der Waals surface area contributed by atoms with Crippen LogP contribution in [-0.2, 0) is 0 Å². The molecule has 1 rings (SSSR count). The molecule has 0 heterocycles. The van der Waals surface area contributed by atoms with Gasteiger partial charge in [-0.2, -0.15) is 0 Å². The molecule has 1 N–H and O–H groups in total. The van der Waals surface area contributed by atoms with Gasteiger partial charge in [-0.3, -0.25) is 4.79 Å². The summed E-state index contributed by atoms with van der Waals surface area (Å²) in [5.41, 5.74) is 0.336. The van der Waals surface area contributed by atoms with Crippen LogP contribution in [0, 0.1) is 5.92 Å². The first kappa shape index (κ1) is 14.8. The van der Waals surface area contributed by atoms with Gasteiger partial charge in [0, 0.05) is 11.4 Å². The van der Waals surface area contributed by atoms with E-state index in [9.17, 15) is 4.79 Å². The fourth-order valence-electron chi connectivity index (χ4n) is 1.34. The molecule has 0 bridgehead atoms. The number of alkyl halides is 1. The van der Waals surface area contributed by atoms with Crippen molar-refractivity contribution in [2.24, 2.45) is 5.92 Å². The van der Waals surface area contributed by atoms with Crippen molar-refractivity contribution in [1.29, 1.82) is 0 Å². The van der Waals surface area contributed by atoms with E-state index in [-0.39, 0.29) is 11.9 Å². The largest absolute Gasteiger partial charge is 0.348 e. The normalized spacial score (nSPS) is 12.6. The number of amides is 1. The van der Waals surface area contributed by atoms with Gasteiger partial charge in [-0.05, 0) is 18.1 Å². The summed E-state index contributed by atoms with van der Waals surface area (Å²) < 4.78 is 0. The second kappa shape index (κ2) is 6.62. The van der Waals surface area contributed by atoms with Gasteiger partial charge in [-0.15, -0.1) is 0 Å². The molecule has 5 heteroatoms. The second-order valence-electron chi connectivity index (χ2n) is 4.07. The number of rotatable bonds is 4. The number of benzene rings is 1. The molecule has 0 saturated carbocycles. The minimum absolute atomic E-state index is 0.0508. The molecular formula is C12H14BrCl2NO. The lowest BCUT2D eigenvalue weighted by molar-refractivity contribution is 0.0932. The molecule has 0 spiro atoms. The van der Waals surface area contributed by atoms with Crippen LogP contribution < -0.4 is 5.32 Å². The SMILES string of the molecule is CC(C)C(CBr)NC(=O)c1c(Cl)cccc1Cl. The smallest absolute Gasteiger partial charge is 0.254 e. The van der Waals surface area contributed by atoms with E-state index in [1.54, 1.807) is 18.2 Å². The summed E-state index contributed by atoms with van der Waals surface area (Å²) in [5.74, 6) is 0.0957. The van der Waals surface area contributed by atoms with E-state index in [1.807, 2.05) is 13.8 Å². The molecule has 94 valence electrons. The highest BCUT2D eigenvalue weighted by atomic mass is 79.9. The van der Waals surface area contributed by atoms with E-state index in [1.165, 1.54) is 0 Å². The van der Waals surface area contributed by atoms with Gasteiger partial charge in [0.15, 0.2) is 0 Å². The van der Waals surface area contributed by atoms with Gasteiger partial charge in [0.2, 0.25) is 0 Å². The summed E-state index contributed by atoms with van der Waals surface area (Å²) in [6, 6.07) is 5.07. The third-order valence-electron chi connectivity index (χ3n) is 2.48. The Bertz CT molecular complexity index is 389. The number of hydrogen-bond acceptors (Lipinski definition) is 1. The van der Waals surface area contributed by atoms with Crippen molar-refractivity contribution in [3.05, 3.63) is 33.8 Å². The fraction of sp³-hybridized carbons (Fsp3) is 0.417. The van der Waals surface area contributed by atoms with Crippen molar-refractivity contribution in [2.75, 3.05) is 5.33 Å². The van der Waals surface area contributed by atoms with Gasteiger partial charge >= 0.3 is 0 Å². The van der Waals surface area contributed by atoms with Crippen LogP contribution in [0.2, 0.25) is 10.0 Å². The molecule has 0 saturated heterocycles. The molecule has 1 aromatic carbocycles. The van der Waals surface area contributed by atoms with Crippen molar-refractivity contribution in [2.45, 2.75) is 19.9 Å². The van der Waals surface area contributed by atoms with Gasteiger partial charge in [0.05, 0.1) is 15.6 Å². The van der Waals surface area contributed by atoms with Gasteiger partial charge in [0.1, 0.15) is 0 Å². The van der Waals surface area contributed by atoms with E-state index >= 15 is 0 Å². The van der Waals surface area contributed by atoms with E-state index in [2.05, 4.69) is 21.2 Å². The first-order valence-electron chi connectivity index (χ1n) is 5.28. The molecular weight excluding hydrogens is 325 g/mol. The Kier molecular flexibility index (Phi) is 5.77. The standard InChI is InChI=1S/C12H14BrCl2NO/c1-7(2)10(6-13)16-12(17)11-8(14)4-3-5-9(11)15/h3-5,7,10H,6H2,1-2H3,(H,16,17). The van der Waals surface area contributed by atoms with E-state index in [4.69, 9.17) is 23.2 Å². The Labute approximate surface area is 120 Å². The molecule has 1 amide bonds. The average Bonchev–Trinajstić information content (AvgIpc) is 2.25. The summed E-state index contributed by atoms with van der Waals surface area (Å²) >= 11 is 15.3. The van der Waals surface area contributed by atoms with Crippen LogP contribution >= 0.6 is 39.1 Å². The molecule has 1 aromatic rings. The summed E-state index contributed by atoms with van der Waals surface area (Å²) in [6.07, 6.45) is 0. The zero-order chi connectivity index (χ0) is 13.0. The van der Waals surface area contributed by atoms with Crippen molar-refractivity contribution < 1.29 is 4.79 Å². The Morgan fingerprint density at radius 3 is 2.29 bits per heavy atom. The van der Waals surface area contributed by atoms with Gasteiger partial charge < -0.3 is 5.32 Å². The topological polar surface area (TPSA) is 29.1 Å². The van der Waals surface area contributed by atoms with Gasteiger partial charge in [-0.25, -0.2) is 0 Å². The Hall–Kier alpha value is -0.250. The lowest BCUT2D eigenvalue weighted by Gasteiger charge is -2.20. The second-order valence-corrected chi connectivity index (χ2v) is 5.54. The van der Waals surface area contributed by atoms with Gasteiger partial charge in [0.25, 0.3) is 5.91 Å². The molecule has 2 nitrogen and oxygen atoms in total. The van der Waals surface area contributed by atoms with Gasteiger partial charge in [-0.1, -0.05) is 59.0 Å². The van der Waals surface area contributed by atoms with Crippen LogP contribution in [-0.4, -0.2) is 17.3 Å². The molecule has 1 atom stereocenters. The number of carbonyl (C=O) groups is 1. The molecule has 0 fully saturated rings. The monoisotopic (exact) mass is 337 g/mol. The zero-order valence-corrected chi connectivity index (χ0v) is 12.7.